The zero-order valence-electron chi connectivity index (χ0n) is 13.0. The van der Waals surface area contributed by atoms with Gasteiger partial charge in [0.1, 0.15) is 6.26 Å². The van der Waals surface area contributed by atoms with E-state index in [1.807, 2.05) is 44.2 Å². The highest BCUT2D eigenvalue weighted by Gasteiger charge is 2.18. The summed E-state index contributed by atoms with van der Waals surface area (Å²) in [7, 11) is 0. The monoisotopic (exact) mass is 302 g/mol. The van der Waals surface area contributed by atoms with Crippen molar-refractivity contribution in [1.82, 2.24) is 10.3 Å². The highest BCUT2D eigenvalue weighted by Crippen LogP contribution is 2.19. The Hall–Kier alpha value is -2.14. The van der Waals surface area contributed by atoms with E-state index < -0.39 is 0 Å². The molecule has 0 aliphatic heterocycles. The van der Waals surface area contributed by atoms with Gasteiger partial charge in [0.15, 0.2) is 0 Å². The van der Waals surface area contributed by atoms with Gasteiger partial charge in [0.2, 0.25) is 11.8 Å². The third kappa shape index (κ3) is 4.70. The molecule has 2 N–H and O–H groups in total. The van der Waals surface area contributed by atoms with Crippen molar-refractivity contribution in [1.29, 1.82) is 0 Å². The van der Waals surface area contributed by atoms with Crippen molar-refractivity contribution < 1.29 is 14.3 Å². The fraction of sp³-hybridized carbons (Fsp3) is 0.412. The summed E-state index contributed by atoms with van der Waals surface area (Å²) < 4.78 is 5.41. The lowest BCUT2D eigenvalue weighted by molar-refractivity contribution is -0.121. The number of aliphatic hydroxyl groups is 1. The standard InChI is InChI=1S/C17H22N2O3/c1-17(2,8-9-20)12-18-15(21)10-14-11-22-16(19-14)13-6-4-3-5-7-13/h3-7,11,20H,8-10,12H2,1-2H3,(H,18,21). The summed E-state index contributed by atoms with van der Waals surface area (Å²) in [5, 5.41) is 11.9. The van der Waals surface area contributed by atoms with Crippen LogP contribution in [0, 0.1) is 5.41 Å². The number of nitrogens with zero attached hydrogens (tertiary/aromatic N) is 1. The van der Waals surface area contributed by atoms with Crippen molar-refractivity contribution in [2.45, 2.75) is 26.7 Å². The maximum absolute atomic E-state index is 12.0. The zero-order chi connectivity index (χ0) is 16.0. The highest BCUT2D eigenvalue weighted by molar-refractivity contribution is 5.78. The van der Waals surface area contributed by atoms with Crippen LogP contribution < -0.4 is 5.32 Å². The van der Waals surface area contributed by atoms with Crippen molar-refractivity contribution in [3.63, 3.8) is 0 Å². The van der Waals surface area contributed by atoms with Crippen LogP contribution in [0.15, 0.2) is 41.0 Å². The summed E-state index contributed by atoms with van der Waals surface area (Å²) in [5.74, 6) is 0.419. The van der Waals surface area contributed by atoms with Crippen molar-refractivity contribution in [2.75, 3.05) is 13.2 Å². The average Bonchev–Trinajstić information content (AvgIpc) is 2.95. The van der Waals surface area contributed by atoms with Crippen LogP contribution in [-0.2, 0) is 11.2 Å². The number of carbonyl (C=O) groups excluding carboxylic acids is 1. The fourth-order valence-corrected chi connectivity index (χ4v) is 2.06. The van der Waals surface area contributed by atoms with Gasteiger partial charge in [-0.15, -0.1) is 0 Å². The summed E-state index contributed by atoms with van der Waals surface area (Å²) in [5.41, 5.74) is 1.37. The summed E-state index contributed by atoms with van der Waals surface area (Å²) in [4.78, 5) is 16.3. The second-order valence-electron chi connectivity index (χ2n) is 6.10. The second-order valence-corrected chi connectivity index (χ2v) is 6.10. The number of aromatic nitrogens is 1. The van der Waals surface area contributed by atoms with Gasteiger partial charge in [0.25, 0.3) is 0 Å². The first-order chi connectivity index (χ1) is 10.5. The first kappa shape index (κ1) is 16.2. The summed E-state index contributed by atoms with van der Waals surface area (Å²) in [6, 6.07) is 9.57. The molecule has 118 valence electrons. The summed E-state index contributed by atoms with van der Waals surface area (Å²) in [6.07, 6.45) is 2.35. The number of hydrogen-bond acceptors (Lipinski definition) is 4. The van der Waals surface area contributed by atoms with Gasteiger partial charge >= 0.3 is 0 Å². The minimum Gasteiger partial charge on any atom is -0.444 e. The largest absolute Gasteiger partial charge is 0.444 e. The zero-order valence-corrected chi connectivity index (χ0v) is 13.0. The Kier molecular flexibility index (Phi) is 5.33. The molecule has 0 radical (unpaired) electrons. The van der Waals surface area contributed by atoms with E-state index in [1.54, 1.807) is 0 Å². The predicted octanol–water partition coefficient (Wildman–Crippen LogP) is 2.41. The maximum Gasteiger partial charge on any atom is 0.226 e. The van der Waals surface area contributed by atoms with E-state index in [-0.39, 0.29) is 24.3 Å². The number of oxazole rings is 1. The maximum atomic E-state index is 12.0. The van der Waals surface area contributed by atoms with Gasteiger partial charge in [-0.3, -0.25) is 4.79 Å². The van der Waals surface area contributed by atoms with Crippen LogP contribution in [-0.4, -0.2) is 29.1 Å². The molecule has 1 heterocycles. The molecule has 0 atom stereocenters. The van der Waals surface area contributed by atoms with Crippen LogP contribution >= 0.6 is 0 Å². The Morgan fingerprint density at radius 1 is 1.32 bits per heavy atom. The fourth-order valence-electron chi connectivity index (χ4n) is 2.06. The van der Waals surface area contributed by atoms with E-state index in [9.17, 15) is 4.79 Å². The van der Waals surface area contributed by atoms with Crippen molar-refractivity contribution in [3.05, 3.63) is 42.3 Å². The van der Waals surface area contributed by atoms with Crippen LogP contribution in [0.2, 0.25) is 0 Å². The minimum absolute atomic E-state index is 0.0982. The predicted molar refractivity (Wildman–Crippen MR) is 84.1 cm³/mol. The van der Waals surface area contributed by atoms with Crippen LogP contribution in [0.25, 0.3) is 11.5 Å². The highest BCUT2D eigenvalue weighted by atomic mass is 16.3. The Labute approximate surface area is 130 Å². The minimum atomic E-state index is -0.122. The van der Waals surface area contributed by atoms with Crippen LogP contribution in [0.3, 0.4) is 0 Å². The molecule has 0 unspecified atom stereocenters. The topological polar surface area (TPSA) is 75.4 Å². The first-order valence-corrected chi connectivity index (χ1v) is 7.37. The molecule has 2 aromatic rings. The van der Waals surface area contributed by atoms with Gasteiger partial charge in [0, 0.05) is 18.7 Å². The van der Waals surface area contributed by atoms with Crippen molar-refractivity contribution >= 4 is 5.91 Å². The number of nitrogens with one attached hydrogen (secondary N) is 1. The van der Waals surface area contributed by atoms with Crippen molar-refractivity contribution in [2.24, 2.45) is 5.41 Å². The molecule has 5 nitrogen and oxygen atoms in total. The number of aliphatic hydroxyl groups excluding tert-OH is 1. The van der Waals surface area contributed by atoms with Crippen LogP contribution in [0.1, 0.15) is 26.0 Å². The molecular weight excluding hydrogens is 280 g/mol. The van der Waals surface area contributed by atoms with Gasteiger partial charge in [-0.05, 0) is 24.0 Å². The SMILES string of the molecule is CC(C)(CCO)CNC(=O)Cc1coc(-c2ccccc2)n1. The number of benzene rings is 1. The Morgan fingerprint density at radius 3 is 2.73 bits per heavy atom. The molecule has 0 fully saturated rings. The molecule has 1 aromatic heterocycles. The Balaban J connectivity index is 1.89. The lowest BCUT2D eigenvalue weighted by Crippen LogP contribution is -2.35. The molecule has 5 heteroatoms. The quantitative estimate of drug-likeness (QED) is 0.823. The first-order valence-electron chi connectivity index (χ1n) is 7.37. The van der Waals surface area contributed by atoms with Crippen LogP contribution in [0.5, 0.6) is 0 Å². The molecule has 0 bridgehead atoms. The van der Waals surface area contributed by atoms with Crippen molar-refractivity contribution in [3.8, 4) is 11.5 Å². The molecule has 2 rings (SSSR count). The summed E-state index contributed by atoms with van der Waals surface area (Å²) >= 11 is 0. The number of rotatable bonds is 7. The smallest absolute Gasteiger partial charge is 0.226 e. The van der Waals surface area contributed by atoms with E-state index in [2.05, 4.69) is 10.3 Å². The Bertz CT molecular complexity index is 605. The van der Waals surface area contributed by atoms with E-state index in [1.165, 1.54) is 6.26 Å². The molecule has 0 saturated carbocycles. The second kappa shape index (κ2) is 7.22. The molecular formula is C17H22N2O3. The normalized spacial score (nSPS) is 11.4. The van der Waals surface area contributed by atoms with Gasteiger partial charge in [-0.2, -0.15) is 0 Å². The lowest BCUT2D eigenvalue weighted by atomic mass is 9.90. The molecule has 0 aliphatic rings. The molecule has 1 aromatic carbocycles. The van der Waals surface area contributed by atoms with E-state index >= 15 is 0 Å². The lowest BCUT2D eigenvalue weighted by Gasteiger charge is -2.23. The Morgan fingerprint density at radius 2 is 2.05 bits per heavy atom. The van der Waals surface area contributed by atoms with Gasteiger partial charge in [-0.1, -0.05) is 32.0 Å². The van der Waals surface area contributed by atoms with Crippen LogP contribution in [0.4, 0.5) is 0 Å². The van der Waals surface area contributed by atoms with E-state index in [0.29, 0.717) is 24.6 Å². The number of carbonyl (C=O) groups is 1. The average molecular weight is 302 g/mol. The summed E-state index contributed by atoms with van der Waals surface area (Å²) in [6.45, 7) is 4.66. The van der Waals surface area contributed by atoms with Gasteiger partial charge in [-0.25, -0.2) is 4.98 Å². The van der Waals surface area contributed by atoms with E-state index in [0.717, 1.165) is 5.56 Å². The third-order valence-electron chi connectivity index (χ3n) is 3.47. The molecule has 22 heavy (non-hydrogen) atoms. The number of hydrogen-bond donors (Lipinski definition) is 2. The molecule has 0 aliphatic carbocycles. The molecule has 0 spiro atoms. The number of amides is 1. The molecule has 1 amide bonds. The van der Waals surface area contributed by atoms with Gasteiger partial charge < -0.3 is 14.8 Å². The molecule has 0 saturated heterocycles. The van der Waals surface area contributed by atoms with Gasteiger partial charge in [0.05, 0.1) is 12.1 Å². The van der Waals surface area contributed by atoms with E-state index in [4.69, 9.17) is 9.52 Å². The third-order valence-corrected chi connectivity index (χ3v) is 3.47.